The number of nitrogens with one attached hydrogen (secondary N) is 1. The van der Waals surface area contributed by atoms with E-state index in [0.717, 1.165) is 12.8 Å². The second-order valence-electron chi connectivity index (χ2n) is 5.02. The molecule has 0 aromatic rings. The normalized spacial score (nSPS) is 29.0. The van der Waals surface area contributed by atoms with Gasteiger partial charge in [0.2, 0.25) is 0 Å². The van der Waals surface area contributed by atoms with Crippen molar-refractivity contribution in [3.63, 3.8) is 0 Å². The Morgan fingerprint density at radius 2 is 2.00 bits per heavy atom. The molecule has 0 aromatic carbocycles. The van der Waals surface area contributed by atoms with Crippen molar-refractivity contribution in [2.75, 3.05) is 0 Å². The van der Waals surface area contributed by atoms with Gasteiger partial charge in [0.15, 0.2) is 0 Å². The van der Waals surface area contributed by atoms with Crippen LogP contribution >= 0.6 is 0 Å². The molecule has 1 rings (SSSR count). The van der Waals surface area contributed by atoms with Crippen LogP contribution in [0.15, 0.2) is 0 Å². The van der Waals surface area contributed by atoms with E-state index in [1.54, 1.807) is 0 Å². The van der Waals surface area contributed by atoms with E-state index >= 15 is 0 Å². The summed E-state index contributed by atoms with van der Waals surface area (Å²) in [6.07, 6.45) is 9.69. The molecule has 0 unspecified atom stereocenters. The van der Waals surface area contributed by atoms with Gasteiger partial charge in [0, 0.05) is 12.1 Å². The van der Waals surface area contributed by atoms with Crippen molar-refractivity contribution in [3.05, 3.63) is 0 Å². The standard InChI is InChI=1S/C13H27NO/c1-3-4-5-8-11(2)14-12-9-6-7-10-13(12)15/h11-15H,3-10H2,1-2H3/t11-,12-,13+/m1/s1. The molecule has 15 heavy (non-hydrogen) atoms. The maximum absolute atomic E-state index is 9.83. The highest BCUT2D eigenvalue weighted by Gasteiger charge is 2.23. The number of aliphatic hydroxyl groups excluding tert-OH is 1. The van der Waals surface area contributed by atoms with Crippen LogP contribution in [0.1, 0.15) is 65.2 Å². The molecular formula is C13H27NO. The first-order valence-corrected chi connectivity index (χ1v) is 6.68. The summed E-state index contributed by atoms with van der Waals surface area (Å²) < 4.78 is 0. The molecule has 2 N–H and O–H groups in total. The minimum atomic E-state index is -0.104. The van der Waals surface area contributed by atoms with Gasteiger partial charge in [0.25, 0.3) is 0 Å². The zero-order chi connectivity index (χ0) is 11.1. The molecular weight excluding hydrogens is 186 g/mol. The van der Waals surface area contributed by atoms with Crippen LogP contribution in [-0.2, 0) is 0 Å². The summed E-state index contributed by atoms with van der Waals surface area (Å²) in [6, 6.07) is 0.921. The van der Waals surface area contributed by atoms with E-state index in [9.17, 15) is 5.11 Å². The van der Waals surface area contributed by atoms with E-state index in [2.05, 4.69) is 19.2 Å². The molecule has 2 heteroatoms. The fourth-order valence-electron chi connectivity index (χ4n) is 2.46. The van der Waals surface area contributed by atoms with Gasteiger partial charge >= 0.3 is 0 Å². The van der Waals surface area contributed by atoms with Gasteiger partial charge in [-0.1, -0.05) is 39.0 Å². The lowest BCUT2D eigenvalue weighted by Gasteiger charge is -2.31. The molecule has 0 bridgehead atoms. The molecule has 1 saturated carbocycles. The molecule has 1 aliphatic carbocycles. The third-order valence-corrected chi connectivity index (χ3v) is 3.47. The van der Waals surface area contributed by atoms with E-state index in [0.29, 0.717) is 12.1 Å². The maximum Gasteiger partial charge on any atom is 0.0693 e. The van der Waals surface area contributed by atoms with Gasteiger partial charge in [0.05, 0.1) is 6.10 Å². The van der Waals surface area contributed by atoms with Crippen molar-refractivity contribution in [2.24, 2.45) is 0 Å². The van der Waals surface area contributed by atoms with Crippen LogP contribution in [0, 0.1) is 0 Å². The molecule has 1 fully saturated rings. The first kappa shape index (κ1) is 13.0. The SMILES string of the molecule is CCCCC[C@@H](C)N[C@@H]1CCCC[C@@H]1O. The van der Waals surface area contributed by atoms with Crippen LogP contribution in [-0.4, -0.2) is 23.3 Å². The molecule has 0 radical (unpaired) electrons. The van der Waals surface area contributed by atoms with Crippen LogP contribution in [0.2, 0.25) is 0 Å². The summed E-state index contributed by atoms with van der Waals surface area (Å²) in [7, 11) is 0. The maximum atomic E-state index is 9.83. The van der Waals surface area contributed by atoms with Crippen molar-refractivity contribution < 1.29 is 5.11 Å². The molecule has 0 spiro atoms. The van der Waals surface area contributed by atoms with Crippen molar-refractivity contribution in [1.29, 1.82) is 0 Å². The van der Waals surface area contributed by atoms with Crippen LogP contribution in [0.4, 0.5) is 0 Å². The summed E-state index contributed by atoms with van der Waals surface area (Å²) >= 11 is 0. The zero-order valence-electron chi connectivity index (χ0n) is 10.3. The van der Waals surface area contributed by atoms with Crippen molar-refractivity contribution in [3.8, 4) is 0 Å². The number of rotatable bonds is 6. The minimum Gasteiger partial charge on any atom is -0.392 e. The van der Waals surface area contributed by atoms with Gasteiger partial charge in [-0.05, 0) is 26.2 Å². The van der Waals surface area contributed by atoms with Gasteiger partial charge in [0.1, 0.15) is 0 Å². The predicted molar refractivity (Wildman–Crippen MR) is 65.0 cm³/mol. The first-order chi connectivity index (χ1) is 7.24. The largest absolute Gasteiger partial charge is 0.392 e. The molecule has 2 nitrogen and oxygen atoms in total. The van der Waals surface area contributed by atoms with Gasteiger partial charge in [-0.2, -0.15) is 0 Å². The van der Waals surface area contributed by atoms with Crippen molar-refractivity contribution >= 4 is 0 Å². The molecule has 90 valence electrons. The Hall–Kier alpha value is -0.0800. The van der Waals surface area contributed by atoms with Crippen LogP contribution in [0.25, 0.3) is 0 Å². The van der Waals surface area contributed by atoms with Gasteiger partial charge in [-0.3, -0.25) is 0 Å². The molecule has 3 atom stereocenters. The van der Waals surface area contributed by atoms with E-state index in [1.165, 1.54) is 38.5 Å². The van der Waals surface area contributed by atoms with E-state index in [-0.39, 0.29) is 6.10 Å². The second-order valence-corrected chi connectivity index (χ2v) is 5.02. The predicted octanol–water partition coefficient (Wildman–Crippen LogP) is 2.85. The van der Waals surface area contributed by atoms with E-state index < -0.39 is 0 Å². The van der Waals surface area contributed by atoms with Crippen LogP contribution in [0.5, 0.6) is 0 Å². The highest BCUT2D eigenvalue weighted by Crippen LogP contribution is 2.19. The molecule has 1 aliphatic rings. The van der Waals surface area contributed by atoms with E-state index in [4.69, 9.17) is 0 Å². The lowest BCUT2D eigenvalue weighted by atomic mass is 9.92. The second kappa shape index (κ2) is 7.24. The Labute approximate surface area is 94.5 Å². The zero-order valence-corrected chi connectivity index (χ0v) is 10.3. The summed E-state index contributed by atoms with van der Waals surface area (Å²) in [5, 5.41) is 13.4. The highest BCUT2D eigenvalue weighted by molar-refractivity contribution is 4.82. The third-order valence-electron chi connectivity index (χ3n) is 3.47. The quantitative estimate of drug-likeness (QED) is 0.665. The van der Waals surface area contributed by atoms with Crippen LogP contribution in [0.3, 0.4) is 0 Å². The Balaban J connectivity index is 2.15. The first-order valence-electron chi connectivity index (χ1n) is 6.68. The monoisotopic (exact) mass is 213 g/mol. The van der Waals surface area contributed by atoms with Crippen molar-refractivity contribution in [1.82, 2.24) is 5.32 Å². The molecule has 0 saturated heterocycles. The molecule has 0 aliphatic heterocycles. The summed E-state index contributed by atoms with van der Waals surface area (Å²) in [5.41, 5.74) is 0. The van der Waals surface area contributed by atoms with E-state index in [1.807, 2.05) is 0 Å². The lowest BCUT2D eigenvalue weighted by Crippen LogP contribution is -2.46. The number of aliphatic hydroxyl groups is 1. The average Bonchev–Trinajstić information content (AvgIpc) is 2.22. The third kappa shape index (κ3) is 4.98. The summed E-state index contributed by atoms with van der Waals surface area (Å²) in [6.45, 7) is 4.49. The average molecular weight is 213 g/mol. The number of unbranched alkanes of at least 4 members (excludes halogenated alkanes) is 2. The Bertz CT molecular complexity index is 161. The molecule has 0 aromatic heterocycles. The Kier molecular flexibility index (Phi) is 6.26. The molecule has 0 amide bonds. The van der Waals surface area contributed by atoms with Gasteiger partial charge in [-0.25, -0.2) is 0 Å². The van der Waals surface area contributed by atoms with Gasteiger partial charge in [-0.15, -0.1) is 0 Å². The summed E-state index contributed by atoms with van der Waals surface area (Å²) in [4.78, 5) is 0. The minimum absolute atomic E-state index is 0.104. The topological polar surface area (TPSA) is 32.3 Å². The Morgan fingerprint density at radius 1 is 1.27 bits per heavy atom. The van der Waals surface area contributed by atoms with Crippen molar-refractivity contribution in [2.45, 2.75) is 83.4 Å². The highest BCUT2D eigenvalue weighted by atomic mass is 16.3. The number of hydrogen-bond donors (Lipinski definition) is 2. The number of hydrogen-bond acceptors (Lipinski definition) is 2. The lowest BCUT2D eigenvalue weighted by molar-refractivity contribution is 0.0852. The van der Waals surface area contributed by atoms with Crippen LogP contribution < -0.4 is 5.32 Å². The molecule has 0 heterocycles. The summed E-state index contributed by atoms with van der Waals surface area (Å²) in [5.74, 6) is 0. The Morgan fingerprint density at radius 3 is 2.67 bits per heavy atom. The van der Waals surface area contributed by atoms with Gasteiger partial charge < -0.3 is 10.4 Å². The smallest absolute Gasteiger partial charge is 0.0693 e. The fourth-order valence-corrected chi connectivity index (χ4v) is 2.46. The fraction of sp³-hybridized carbons (Fsp3) is 1.00.